The number of aliphatic hydroxyl groups is 1. The topological polar surface area (TPSA) is 79.3 Å². The zero-order valence-corrected chi connectivity index (χ0v) is 19.1. The molecule has 0 spiro atoms. The van der Waals surface area contributed by atoms with Crippen LogP contribution in [0.15, 0.2) is 54.2 Å². The monoisotopic (exact) mass is 450 g/mol. The quantitative estimate of drug-likeness (QED) is 0.623. The highest BCUT2D eigenvalue weighted by Gasteiger charge is 2.42. The van der Waals surface area contributed by atoms with E-state index in [-0.39, 0.29) is 37.5 Å². The van der Waals surface area contributed by atoms with Crippen LogP contribution in [0, 0.1) is 12.8 Å². The molecule has 0 aliphatic carbocycles. The lowest BCUT2D eigenvalue weighted by Crippen LogP contribution is -2.41. The van der Waals surface area contributed by atoms with Gasteiger partial charge in [-0.05, 0) is 55.5 Å². The Balaban J connectivity index is 1.55. The second-order valence-corrected chi connectivity index (χ2v) is 8.51. The predicted molar refractivity (Wildman–Crippen MR) is 125 cm³/mol. The molecule has 0 aromatic heterocycles. The minimum atomic E-state index is -0.302. The minimum Gasteiger partial charge on any atom is -0.497 e. The van der Waals surface area contributed by atoms with Crippen molar-refractivity contribution in [1.29, 1.82) is 0 Å². The summed E-state index contributed by atoms with van der Waals surface area (Å²) in [6.07, 6.45) is 1.79. The summed E-state index contributed by atoms with van der Waals surface area (Å²) in [6, 6.07) is 14.8. The Morgan fingerprint density at radius 2 is 1.70 bits per heavy atom. The average molecular weight is 451 g/mol. The van der Waals surface area contributed by atoms with Gasteiger partial charge in [-0.1, -0.05) is 29.8 Å². The van der Waals surface area contributed by atoms with Crippen LogP contribution in [0.5, 0.6) is 11.5 Å². The van der Waals surface area contributed by atoms with Gasteiger partial charge in [0.2, 0.25) is 0 Å². The number of methoxy groups -OCH3 is 1. The lowest BCUT2D eigenvalue weighted by Gasteiger charge is -2.34. The first-order valence-electron chi connectivity index (χ1n) is 11.3. The van der Waals surface area contributed by atoms with E-state index in [2.05, 4.69) is 0 Å². The maximum atomic E-state index is 13.5. The molecule has 2 aliphatic rings. The van der Waals surface area contributed by atoms with Crippen LogP contribution < -0.4 is 9.47 Å². The third-order valence-electron chi connectivity index (χ3n) is 6.22. The predicted octanol–water partition coefficient (Wildman–Crippen LogP) is 2.87. The molecule has 174 valence electrons. The summed E-state index contributed by atoms with van der Waals surface area (Å²) in [4.78, 5) is 30.1. The number of hydrogen-bond donors (Lipinski definition) is 1. The molecule has 2 aromatic carbocycles. The molecule has 1 fully saturated rings. The van der Waals surface area contributed by atoms with Crippen molar-refractivity contribution in [3.8, 4) is 11.5 Å². The molecule has 7 nitrogen and oxygen atoms in total. The SMILES string of the molecule is COc1ccc(OCCN2C(=O)C(c3ccc(C)cc3)=C(N3CCCC(CO)C3)C2=O)cc1. The fourth-order valence-electron chi connectivity index (χ4n) is 4.38. The first-order valence-corrected chi connectivity index (χ1v) is 11.3. The maximum Gasteiger partial charge on any atom is 0.277 e. The van der Waals surface area contributed by atoms with Crippen LogP contribution in [-0.2, 0) is 9.59 Å². The average Bonchev–Trinajstić information content (AvgIpc) is 3.10. The van der Waals surface area contributed by atoms with E-state index in [9.17, 15) is 14.7 Å². The molecule has 1 saturated heterocycles. The number of hydrogen-bond acceptors (Lipinski definition) is 6. The number of amides is 2. The lowest BCUT2D eigenvalue weighted by molar-refractivity contribution is -0.138. The van der Waals surface area contributed by atoms with Crippen LogP contribution in [0.25, 0.3) is 5.57 Å². The van der Waals surface area contributed by atoms with Gasteiger partial charge in [0.25, 0.3) is 11.8 Å². The van der Waals surface area contributed by atoms with E-state index in [0.29, 0.717) is 30.1 Å². The summed E-state index contributed by atoms with van der Waals surface area (Å²) in [5.41, 5.74) is 2.69. The standard InChI is InChI=1S/C26H30N2O5/c1-18-5-7-20(8-6-18)23-24(27-13-3-4-19(16-27)17-29)26(31)28(25(23)30)14-15-33-22-11-9-21(32-2)10-12-22/h5-12,19,29H,3-4,13-17H2,1-2H3. The van der Waals surface area contributed by atoms with Crippen molar-refractivity contribution in [3.63, 3.8) is 0 Å². The van der Waals surface area contributed by atoms with Crippen LogP contribution in [0.3, 0.4) is 0 Å². The van der Waals surface area contributed by atoms with Crippen LogP contribution in [-0.4, -0.2) is 66.7 Å². The number of benzene rings is 2. The Morgan fingerprint density at radius 1 is 1.00 bits per heavy atom. The zero-order valence-electron chi connectivity index (χ0n) is 19.1. The molecule has 1 atom stereocenters. The summed E-state index contributed by atoms with van der Waals surface area (Å²) in [5.74, 6) is 0.867. The third kappa shape index (κ3) is 4.88. The fraction of sp³-hybridized carbons (Fsp3) is 0.385. The number of imide groups is 1. The molecule has 2 aliphatic heterocycles. The number of rotatable bonds is 8. The molecule has 0 bridgehead atoms. The molecule has 1 N–H and O–H groups in total. The lowest BCUT2D eigenvalue weighted by atomic mass is 9.96. The summed E-state index contributed by atoms with van der Waals surface area (Å²) in [6.45, 7) is 3.66. The largest absolute Gasteiger partial charge is 0.497 e. The van der Waals surface area contributed by atoms with Gasteiger partial charge in [-0.2, -0.15) is 0 Å². The molecule has 0 saturated carbocycles. The number of piperidine rings is 1. The molecule has 33 heavy (non-hydrogen) atoms. The number of likely N-dealkylation sites (tertiary alicyclic amines) is 1. The smallest absolute Gasteiger partial charge is 0.277 e. The van der Waals surface area contributed by atoms with Crippen molar-refractivity contribution < 1.29 is 24.2 Å². The van der Waals surface area contributed by atoms with Crippen molar-refractivity contribution in [2.75, 3.05) is 40.0 Å². The Morgan fingerprint density at radius 3 is 2.36 bits per heavy atom. The second-order valence-electron chi connectivity index (χ2n) is 8.51. The molecular formula is C26H30N2O5. The van der Waals surface area contributed by atoms with Crippen molar-refractivity contribution in [3.05, 3.63) is 65.4 Å². The fourth-order valence-corrected chi connectivity index (χ4v) is 4.38. The van der Waals surface area contributed by atoms with Gasteiger partial charge in [0.1, 0.15) is 23.8 Å². The number of nitrogens with zero attached hydrogens (tertiary/aromatic N) is 2. The Labute approximate surface area is 194 Å². The second kappa shape index (κ2) is 10.1. The normalized spacial score (nSPS) is 18.8. The van der Waals surface area contributed by atoms with Gasteiger partial charge in [-0.3, -0.25) is 14.5 Å². The molecule has 1 unspecified atom stereocenters. The Bertz CT molecular complexity index is 1030. The third-order valence-corrected chi connectivity index (χ3v) is 6.22. The molecular weight excluding hydrogens is 420 g/mol. The Hall–Kier alpha value is -3.32. The number of carbonyl (C=O) groups is 2. The first-order chi connectivity index (χ1) is 16.0. The van der Waals surface area contributed by atoms with Gasteiger partial charge >= 0.3 is 0 Å². The van der Waals surface area contributed by atoms with Gasteiger partial charge < -0.3 is 19.5 Å². The summed E-state index contributed by atoms with van der Waals surface area (Å²) < 4.78 is 10.9. The highest BCUT2D eigenvalue weighted by molar-refractivity contribution is 6.35. The minimum absolute atomic E-state index is 0.0746. The zero-order chi connectivity index (χ0) is 23.4. The van der Waals surface area contributed by atoms with Gasteiger partial charge in [0, 0.05) is 19.7 Å². The van der Waals surface area contributed by atoms with Crippen molar-refractivity contribution in [1.82, 2.24) is 9.80 Å². The van der Waals surface area contributed by atoms with E-state index in [0.717, 1.165) is 29.7 Å². The van der Waals surface area contributed by atoms with E-state index in [1.807, 2.05) is 36.1 Å². The first kappa shape index (κ1) is 22.9. The Kier molecular flexibility index (Phi) is 6.99. The molecule has 7 heteroatoms. The highest BCUT2D eigenvalue weighted by Crippen LogP contribution is 2.34. The van der Waals surface area contributed by atoms with Gasteiger partial charge in [-0.15, -0.1) is 0 Å². The van der Waals surface area contributed by atoms with Crippen LogP contribution in [0.2, 0.25) is 0 Å². The van der Waals surface area contributed by atoms with E-state index in [4.69, 9.17) is 9.47 Å². The summed E-state index contributed by atoms with van der Waals surface area (Å²) >= 11 is 0. The van der Waals surface area contributed by atoms with Gasteiger partial charge in [-0.25, -0.2) is 0 Å². The maximum absolute atomic E-state index is 13.5. The van der Waals surface area contributed by atoms with Gasteiger partial charge in [0.15, 0.2) is 0 Å². The molecule has 2 heterocycles. The molecule has 2 amide bonds. The van der Waals surface area contributed by atoms with E-state index in [1.54, 1.807) is 31.4 Å². The number of ether oxygens (including phenoxy) is 2. The number of carbonyl (C=O) groups excluding carboxylic acids is 2. The molecule has 2 aromatic rings. The number of aryl methyl sites for hydroxylation is 1. The van der Waals surface area contributed by atoms with Crippen molar-refractivity contribution >= 4 is 17.4 Å². The van der Waals surface area contributed by atoms with E-state index < -0.39 is 0 Å². The highest BCUT2D eigenvalue weighted by atomic mass is 16.5. The van der Waals surface area contributed by atoms with Crippen LogP contribution in [0.1, 0.15) is 24.0 Å². The molecule has 4 rings (SSSR count). The van der Waals surface area contributed by atoms with E-state index >= 15 is 0 Å². The van der Waals surface area contributed by atoms with Crippen molar-refractivity contribution in [2.24, 2.45) is 5.92 Å². The summed E-state index contributed by atoms with van der Waals surface area (Å²) in [5, 5.41) is 9.66. The van der Waals surface area contributed by atoms with Crippen LogP contribution >= 0.6 is 0 Å². The number of aliphatic hydroxyl groups excluding tert-OH is 1. The summed E-state index contributed by atoms with van der Waals surface area (Å²) in [7, 11) is 1.60. The van der Waals surface area contributed by atoms with Crippen molar-refractivity contribution in [2.45, 2.75) is 19.8 Å². The van der Waals surface area contributed by atoms with Crippen LogP contribution in [0.4, 0.5) is 0 Å². The van der Waals surface area contributed by atoms with E-state index in [1.165, 1.54) is 4.90 Å². The molecule has 0 radical (unpaired) electrons. The van der Waals surface area contributed by atoms with Gasteiger partial charge in [0.05, 0.1) is 19.2 Å².